The molecule has 1 aromatic heterocycles. The van der Waals surface area contributed by atoms with Gasteiger partial charge in [-0.2, -0.15) is 0 Å². The van der Waals surface area contributed by atoms with Crippen LogP contribution in [0.25, 0.3) is 0 Å². The van der Waals surface area contributed by atoms with Gasteiger partial charge in [-0.1, -0.05) is 18.3 Å². The normalized spacial score (nSPS) is 11.1. The minimum absolute atomic E-state index is 0.0272. The molecule has 0 atom stereocenters. The molecule has 7 heteroatoms. The molecular weight excluding hydrogens is 238 g/mol. The van der Waals surface area contributed by atoms with Crippen LogP contribution in [0.3, 0.4) is 0 Å². The van der Waals surface area contributed by atoms with Crippen LogP contribution in [-0.2, 0) is 11.3 Å². The lowest BCUT2D eigenvalue weighted by Gasteiger charge is -2.19. The van der Waals surface area contributed by atoms with E-state index in [4.69, 9.17) is 5.73 Å². The van der Waals surface area contributed by atoms with Crippen molar-refractivity contribution >= 4 is 22.4 Å². The molecule has 0 saturated carbocycles. The molecule has 1 aromatic rings. The maximum atomic E-state index is 11.6. The molecule has 6 nitrogen and oxygen atoms in total. The molecule has 0 aromatic carbocycles. The second-order valence-electron chi connectivity index (χ2n) is 4.06. The average Bonchev–Trinajstić information content (AvgIpc) is 2.61. The summed E-state index contributed by atoms with van der Waals surface area (Å²) in [6.45, 7) is 7.66. The lowest BCUT2D eigenvalue weighted by atomic mass is 10.3. The van der Waals surface area contributed by atoms with Gasteiger partial charge >= 0.3 is 0 Å². The maximum Gasteiger partial charge on any atom is 0.234 e. The Kier molecular flexibility index (Phi) is 5.30. The SMILES string of the molecule is CCN(CC(=O)NC(C)C)Cc1nnc(N)s1. The first-order valence-corrected chi connectivity index (χ1v) is 6.42. The van der Waals surface area contributed by atoms with E-state index in [0.29, 0.717) is 18.2 Å². The molecule has 0 aliphatic heterocycles. The molecule has 0 saturated heterocycles. The van der Waals surface area contributed by atoms with E-state index >= 15 is 0 Å². The summed E-state index contributed by atoms with van der Waals surface area (Å²) in [4.78, 5) is 13.6. The van der Waals surface area contributed by atoms with E-state index in [1.807, 2.05) is 25.7 Å². The summed E-state index contributed by atoms with van der Waals surface area (Å²) in [7, 11) is 0. The van der Waals surface area contributed by atoms with Gasteiger partial charge in [-0.15, -0.1) is 10.2 Å². The van der Waals surface area contributed by atoms with Crippen LogP contribution in [-0.4, -0.2) is 40.1 Å². The van der Waals surface area contributed by atoms with Gasteiger partial charge in [0.1, 0.15) is 5.01 Å². The summed E-state index contributed by atoms with van der Waals surface area (Å²) < 4.78 is 0. The monoisotopic (exact) mass is 257 g/mol. The van der Waals surface area contributed by atoms with Gasteiger partial charge in [0, 0.05) is 6.04 Å². The zero-order valence-corrected chi connectivity index (χ0v) is 11.3. The van der Waals surface area contributed by atoms with Crippen LogP contribution in [0.5, 0.6) is 0 Å². The highest BCUT2D eigenvalue weighted by atomic mass is 32.1. The Morgan fingerprint density at radius 2 is 2.24 bits per heavy atom. The van der Waals surface area contributed by atoms with Crippen molar-refractivity contribution in [2.75, 3.05) is 18.8 Å². The minimum Gasteiger partial charge on any atom is -0.374 e. The van der Waals surface area contributed by atoms with Gasteiger partial charge in [0.2, 0.25) is 11.0 Å². The second-order valence-corrected chi connectivity index (χ2v) is 5.15. The largest absolute Gasteiger partial charge is 0.374 e. The Bertz CT molecular complexity index is 365. The van der Waals surface area contributed by atoms with Crippen molar-refractivity contribution in [2.45, 2.75) is 33.4 Å². The number of hydrogen-bond acceptors (Lipinski definition) is 6. The van der Waals surface area contributed by atoms with Crippen LogP contribution in [0.4, 0.5) is 5.13 Å². The highest BCUT2D eigenvalue weighted by molar-refractivity contribution is 7.15. The topological polar surface area (TPSA) is 84.1 Å². The number of aromatic nitrogens is 2. The minimum atomic E-state index is 0.0272. The number of amides is 1. The van der Waals surface area contributed by atoms with E-state index < -0.39 is 0 Å². The molecule has 0 radical (unpaired) electrons. The fraction of sp³-hybridized carbons (Fsp3) is 0.700. The molecule has 1 rings (SSSR count). The number of hydrogen-bond donors (Lipinski definition) is 2. The number of likely N-dealkylation sites (N-methyl/N-ethyl adjacent to an activating group) is 1. The predicted molar refractivity (Wildman–Crippen MR) is 68.6 cm³/mol. The molecular formula is C10H19N5OS. The van der Waals surface area contributed by atoms with Gasteiger partial charge in [-0.25, -0.2) is 0 Å². The van der Waals surface area contributed by atoms with Crippen molar-refractivity contribution in [2.24, 2.45) is 0 Å². The van der Waals surface area contributed by atoms with Crippen molar-refractivity contribution in [3.8, 4) is 0 Å². The lowest BCUT2D eigenvalue weighted by molar-refractivity contribution is -0.122. The molecule has 0 bridgehead atoms. The van der Waals surface area contributed by atoms with Gasteiger partial charge in [0.25, 0.3) is 0 Å². The van der Waals surface area contributed by atoms with Crippen molar-refractivity contribution in [1.29, 1.82) is 0 Å². The quantitative estimate of drug-likeness (QED) is 0.774. The van der Waals surface area contributed by atoms with Crippen molar-refractivity contribution in [3.63, 3.8) is 0 Å². The van der Waals surface area contributed by atoms with Gasteiger partial charge in [-0.3, -0.25) is 9.69 Å². The Balaban J connectivity index is 2.46. The van der Waals surface area contributed by atoms with Gasteiger partial charge < -0.3 is 11.1 Å². The van der Waals surface area contributed by atoms with Crippen molar-refractivity contribution < 1.29 is 4.79 Å². The summed E-state index contributed by atoms with van der Waals surface area (Å²) in [6.07, 6.45) is 0. The van der Waals surface area contributed by atoms with Crippen molar-refractivity contribution in [1.82, 2.24) is 20.4 Å². The molecule has 0 spiro atoms. The van der Waals surface area contributed by atoms with Gasteiger partial charge in [0.15, 0.2) is 0 Å². The van der Waals surface area contributed by atoms with E-state index in [1.54, 1.807) is 0 Å². The zero-order valence-electron chi connectivity index (χ0n) is 10.4. The van der Waals surface area contributed by atoms with Crippen LogP contribution < -0.4 is 11.1 Å². The molecule has 1 heterocycles. The standard InChI is InChI=1S/C10H19N5OS/c1-4-15(5-8(16)12-7(2)3)6-9-13-14-10(11)17-9/h7H,4-6H2,1-3H3,(H2,11,14)(H,12,16). The fourth-order valence-corrected chi connectivity index (χ4v) is 2.02. The summed E-state index contributed by atoms with van der Waals surface area (Å²) in [5, 5.41) is 11.8. The predicted octanol–water partition coefficient (Wildman–Crippen LogP) is 0.467. The first kappa shape index (κ1) is 13.9. The fourth-order valence-electron chi connectivity index (χ4n) is 1.37. The molecule has 0 unspecified atom stereocenters. The molecule has 0 fully saturated rings. The van der Waals surface area contributed by atoms with Crippen LogP contribution in [0.15, 0.2) is 0 Å². The summed E-state index contributed by atoms with van der Waals surface area (Å²) in [6, 6.07) is 0.165. The second kappa shape index (κ2) is 6.51. The molecule has 3 N–H and O–H groups in total. The molecule has 17 heavy (non-hydrogen) atoms. The van der Waals surface area contributed by atoms with E-state index in [-0.39, 0.29) is 11.9 Å². The number of carbonyl (C=O) groups excluding carboxylic acids is 1. The van der Waals surface area contributed by atoms with E-state index in [9.17, 15) is 4.79 Å². The smallest absolute Gasteiger partial charge is 0.234 e. The number of nitrogens with one attached hydrogen (secondary N) is 1. The third-order valence-corrected chi connectivity index (χ3v) is 2.84. The zero-order chi connectivity index (χ0) is 12.8. The summed E-state index contributed by atoms with van der Waals surface area (Å²) >= 11 is 1.35. The highest BCUT2D eigenvalue weighted by Crippen LogP contribution is 2.12. The number of carbonyl (C=O) groups is 1. The van der Waals surface area contributed by atoms with E-state index in [1.165, 1.54) is 11.3 Å². The number of rotatable bonds is 6. The molecule has 1 amide bonds. The summed E-state index contributed by atoms with van der Waals surface area (Å²) in [5.74, 6) is 0.0272. The number of nitrogen functional groups attached to an aromatic ring is 1. The highest BCUT2D eigenvalue weighted by Gasteiger charge is 2.12. The lowest BCUT2D eigenvalue weighted by Crippen LogP contribution is -2.39. The Morgan fingerprint density at radius 3 is 2.71 bits per heavy atom. The Labute approximate surface area is 105 Å². The third kappa shape index (κ3) is 5.10. The Morgan fingerprint density at radius 1 is 1.53 bits per heavy atom. The summed E-state index contributed by atoms with van der Waals surface area (Å²) in [5.41, 5.74) is 5.51. The third-order valence-electron chi connectivity index (χ3n) is 2.11. The maximum absolute atomic E-state index is 11.6. The van der Waals surface area contributed by atoms with E-state index in [0.717, 1.165) is 11.6 Å². The molecule has 0 aliphatic carbocycles. The van der Waals surface area contributed by atoms with E-state index in [2.05, 4.69) is 15.5 Å². The molecule has 0 aliphatic rings. The number of anilines is 1. The first-order chi connectivity index (χ1) is 8.01. The first-order valence-electron chi connectivity index (χ1n) is 5.60. The van der Waals surface area contributed by atoms with Crippen LogP contribution >= 0.6 is 11.3 Å². The van der Waals surface area contributed by atoms with Crippen LogP contribution in [0, 0.1) is 0 Å². The number of nitrogens with zero attached hydrogens (tertiary/aromatic N) is 3. The van der Waals surface area contributed by atoms with Crippen LogP contribution in [0.1, 0.15) is 25.8 Å². The average molecular weight is 257 g/mol. The van der Waals surface area contributed by atoms with Gasteiger partial charge in [0.05, 0.1) is 13.1 Å². The molecule has 96 valence electrons. The van der Waals surface area contributed by atoms with Crippen LogP contribution in [0.2, 0.25) is 0 Å². The Hall–Kier alpha value is -1.21. The van der Waals surface area contributed by atoms with Gasteiger partial charge in [-0.05, 0) is 20.4 Å². The van der Waals surface area contributed by atoms with Crippen molar-refractivity contribution in [3.05, 3.63) is 5.01 Å². The number of nitrogens with two attached hydrogens (primary N) is 1.